The van der Waals surface area contributed by atoms with Crippen molar-refractivity contribution < 1.29 is 8.91 Å². The molecule has 0 unspecified atom stereocenters. The number of anilines is 1. The Balaban J connectivity index is 2.00. The van der Waals surface area contributed by atoms with Crippen molar-refractivity contribution in [3.8, 4) is 11.3 Å². The van der Waals surface area contributed by atoms with Crippen LogP contribution in [0.1, 0.15) is 25.2 Å². The van der Waals surface area contributed by atoms with Gasteiger partial charge in [-0.1, -0.05) is 35.5 Å². The molecule has 0 aliphatic carbocycles. The molecule has 0 radical (unpaired) electrons. The van der Waals surface area contributed by atoms with Crippen LogP contribution in [0.3, 0.4) is 0 Å². The largest absolute Gasteiger partial charge is 0.372 e. The van der Waals surface area contributed by atoms with Gasteiger partial charge in [-0.3, -0.25) is 4.39 Å². The lowest BCUT2D eigenvalue weighted by Gasteiger charge is -2.20. The topological polar surface area (TPSA) is 41.6 Å². The zero-order valence-corrected chi connectivity index (χ0v) is 17.9. The van der Waals surface area contributed by atoms with Gasteiger partial charge >= 0.3 is 0 Å². The minimum absolute atomic E-state index is 0.329. The van der Waals surface area contributed by atoms with E-state index >= 15 is 0 Å². The SMILES string of the molecule is CCN(CC)c1ccc(N=C(SCCF)c2c(-c3ccccc3)noc2C)cc1. The van der Waals surface area contributed by atoms with Crippen molar-refractivity contribution in [3.05, 3.63) is 65.9 Å². The summed E-state index contributed by atoms with van der Waals surface area (Å²) in [6.07, 6.45) is 0. The van der Waals surface area contributed by atoms with Crippen molar-refractivity contribution in [1.82, 2.24) is 5.16 Å². The molecule has 3 rings (SSSR count). The Morgan fingerprint density at radius 1 is 1.07 bits per heavy atom. The minimum Gasteiger partial charge on any atom is -0.372 e. The van der Waals surface area contributed by atoms with Gasteiger partial charge in [-0.2, -0.15) is 0 Å². The first-order chi connectivity index (χ1) is 14.2. The van der Waals surface area contributed by atoms with Gasteiger partial charge in [0.05, 0.1) is 17.9 Å². The molecular weight excluding hydrogens is 385 g/mol. The van der Waals surface area contributed by atoms with Gasteiger partial charge in [0, 0.05) is 30.1 Å². The number of aryl methyl sites for hydroxylation is 1. The van der Waals surface area contributed by atoms with Crippen LogP contribution in [0.15, 0.2) is 64.1 Å². The van der Waals surface area contributed by atoms with Crippen molar-refractivity contribution in [1.29, 1.82) is 0 Å². The zero-order valence-electron chi connectivity index (χ0n) is 17.1. The Kier molecular flexibility index (Phi) is 7.47. The van der Waals surface area contributed by atoms with Crippen molar-refractivity contribution in [3.63, 3.8) is 0 Å². The molecule has 4 nitrogen and oxygen atoms in total. The van der Waals surface area contributed by atoms with Crippen molar-refractivity contribution >= 4 is 28.2 Å². The van der Waals surface area contributed by atoms with E-state index in [2.05, 4.69) is 36.0 Å². The molecule has 152 valence electrons. The number of hydrogen-bond donors (Lipinski definition) is 0. The molecule has 0 fully saturated rings. The summed E-state index contributed by atoms with van der Waals surface area (Å²) in [5.74, 6) is 1.00. The number of hydrogen-bond acceptors (Lipinski definition) is 5. The van der Waals surface area contributed by atoms with E-state index in [-0.39, 0.29) is 0 Å². The smallest absolute Gasteiger partial charge is 0.144 e. The summed E-state index contributed by atoms with van der Waals surface area (Å²) in [4.78, 5) is 7.11. The van der Waals surface area contributed by atoms with Gasteiger partial charge in [-0.05, 0) is 45.0 Å². The van der Waals surface area contributed by atoms with Crippen molar-refractivity contribution in [2.45, 2.75) is 20.8 Å². The van der Waals surface area contributed by atoms with Gasteiger partial charge in [0.25, 0.3) is 0 Å². The summed E-state index contributed by atoms with van der Waals surface area (Å²) in [6, 6.07) is 18.0. The molecular formula is C23H26FN3OS. The molecule has 0 amide bonds. The minimum atomic E-state index is -0.421. The van der Waals surface area contributed by atoms with Crippen LogP contribution in [0.2, 0.25) is 0 Å². The Hall–Kier alpha value is -2.60. The normalized spacial score (nSPS) is 11.7. The monoisotopic (exact) mass is 411 g/mol. The average molecular weight is 412 g/mol. The Morgan fingerprint density at radius 3 is 2.38 bits per heavy atom. The summed E-state index contributed by atoms with van der Waals surface area (Å²) in [7, 11) is 0. The van der Waals surface area contributed by atoms with Gasteiger partial charge in [0.1, 0.15) is 16.5 Å². The number of benzene rings is 2. The first kappa shape index (κ1) is 21.1. The highest BCUT2D eigenvalue weighted by molar-refractivity contribution is 8.14. The average Bonchev–Trinajstić information content (AvgIpc) is 3.15. The van der Waals surface area contributed by atoms with Crippen LogP contribution >= 0.6 is 11.8 Å². The maximum atomic E-state index is 13.0. The van der Waals surface area contributed by atoms with E-state index in [1.807, 2.05) is 49.4 Å². The lowest BCUT2D eigenvalue weighted by Crippen LogP contribution is -2.21. The lowest BCUT2D eigenvalue weighted by molar-refractivity contribution is 0.399. The van der Waals surface area contributed by atoms with E-state index in [4.69, 9.17) is 9.52 Å². The van der Waals surface area contributed by atoms with Crippen LogP contribution in [-0.2, 0) is 0 Å². The highest BCUT2D eigenvalue weighted by atomic mass is 32.2. The second kappa shape index (κ2) is 10.3. The first-order valence-corrected chi connectivity index (χ1v) is 10.8. The Labute approximate surface area is 175 Å². The molecule has 2 aromatic carbocycles. The Morgan fingerprint density at radius 2 is 1.76 bits per heavy atom. The van der Waals surface area contributed by atoms with Crippen LogP contribution in [-0.4, -0.2) is 35.7 Å². The Bertz CT molecular complexity index is 935. The maximum Gasteiger partial charge on any atom is 0.144 e. The predicted octanol–water partition coefficient (Wildman–Crippen LogP) is 6.28. The van der Waals surface area contributed by atoms with E-state index in [0.717, 1.165) is 46.3 Å². The zero-order chi connectivity index (χ0) is 20.6. The molecule has 1 aromatic heterocycles. The number of halogens is 1. The second-order valence-corrected chi connectivity index (χ2v) is 7.56. The maximum absolute atomic E-state index is 13.0. The number of thioether (sulfide) groups is 1. The molecule has 3 aromatic rings. The van der Waals surface area contributed by atoms with Gasteiger partial charge in [0.15, 0.2) is 0 Å². The fourth-order valence-electron chi connectivity index (χ4n) is 3.16. The quantitative estimate of drug-likeness (QED) is 0.323. The number of aromatic nitrogens is 1. The van der Waals surface area contributed by atoms with Crippen molar-refractivity contribution in [2.24, 2.45) is 4.99 Å². The fourth-order valence-corrected chi connectivity index (χ4v) is 3.98. The third-order valence-corrected chi connectivity index (χ3v) is 5.58. The number of rotatable bonds is 8. The predicted molar refractivity (Wildman–Crippen MR) is 121 cm³/mol. The number of nitrogens with zero attached hydrogens (tertiary/aromatic N) is 3. The molecule has 0 bridgehead atoms. The first-order valence-electron chi connectivity index (χ1n) is 9.82. The summed E-state index contributed by atoms with van der Waals surface area (Å²) in [5.41, 5.74) is 4.49. The van der Waals surface area contributed by atoms with E-state index < -0.39 is 6.67 Å². The fraction of sp³-hybridized carbons (Fsp3) is 0.304. The number of alkyl halides is 1. The molecule has 0 atom stereocenters. The van der Waals surface area contributed by atoms with Crippen LogP contribution in [0.5, 0.6) is 0 Å². The second-order valence-electron chi connectivity index (χ2n) is 6.47. The van der Waals surface area contributed by atoms with Crippen molar-refractivity contribution in [2.75, 3.05) is 30.4 Å². The summed E-state index contributed by atoms with van der Waals surface area (Å²) >= 11 is 1.38. The third kappa shape index (κ3) is 5.07. The molecule has 0 saturated heterocycles. The number of aliphatic imine (C=N–C) groups is 1. The van der Waals surface area contributed by atoms with E-state index in [9.17, 15) is 4.39 Å². The highest BCUT2D eigenvalue weighted by Gasteiger charge is 2.20. The van der Waals surface area contributed by atoms with Crippen LogP contribution in [0.4, 0.5) is 15.8 Å². The highest BCUT2D eigenvalue weighted by Crippen LogP contribution is 2.31. The molecule has 0 saturated carbocycles. The van der Waals surface area contributed by atoms with Gasteiger partial charge < -0.3 is 9.42 Å². The van der Waals surface area contributed by atoms with Crippen LogP contribution < -0.4 is 4.90 Å². The van der Waals surface area contributed by atoms with Gasteiger partial charge in [-0.15, -0.1) is 11.8 Å². The third-order valence-electron chi connectivity index (χ3n) is 4.65. The summed E-state index contributed by atoms with van der Waals surface area (Å²) in [5, 5.41) is 4.96. The molecule has 6 heteroatoms. The molecule has 0 N–H and O–H groups in total. The van der Waals surface area contributed by atoms with Gasteiger partial charge in [-0.25, -0.2) is 4.99 Å². The van der Waals surface area contributed by atoms with Crippen LogP contribution in [0, 0.1) is 6.92 Å². The van der Waals surface area contributed by atoms with E-state index in [1.165, 1.54) is 11.8 Å². The van der Waals surface area contributed by atoms with E-state index in [0.29, 0.717) is 11.5 Å². The molecule has 29 heavy (non-hydrogen) atoms. The molecule has 0 aliphatic rings. The van der Waals surface area contributed by atoms with Gasteiger partial charge in [0.2, 0.25) is 0 Å². The van der Waals surface area contributed by atoms with E-state index in [1.54, 1.807) is 0 Å². The summed E-state index contributed by atoms with van der Waals surface area (Å²) in [6.45, 7) is 7.63. The molecule has 1 heterocycles. The molecule has 0 aliphatic heterocycles. The lowest BCUT2D eigenvalue weighted by atomic mass is 10.1. The van der Waals surface area contributed by atoms with Crippen LogP contribution in [0.25, 0.3) is 11.3 Å². The molecule has 0 spiro atoms. The summed E-state index contributed by atoms with van der Waals surface area (Å²) < 4.78 is 18.4. The standard InChI is InChI=1S/C23H26FN3OS/c1-4-27(5-2)20-13-11-19(12-14-20)25-23(29-16-15-24)21-17(3)28-26-22(21)18-9-7-6-8-10-18/h6-14H,4-5,15-16H2,1-3H3.